The second-order valence-electron chi connectivity index (χ2n) is 2.67. The predicted octanol–water partition coefficient (Wildman–Crippen LogP) is 2.67. The highest BCUT2D eigenvalue weighted by molar-refractivity contribution is 14.1. The van der Waals surface area contributed by atoms with E-state index in [4.69, 9.17) is 16.7 Å². The van der Waals surface area contributed by atoms with E-state index in [-0.39, 0.29) is 0 Å². The predicted molar refractivity (Wildman–Crippen MR) is 69.2 cm³/mol. The Morgan fingerprint density at radius 2 is 2.21 bits per heavy atom. The summed E-state index contributed by atoms with van der Waals surface area (Å²) in [7, 11) is 0. The van der Waals surface area contributed by atoms with Gasteiger partial charge < -0.3 is 5.11 Å². The van der Waals surface area contributed by atoms with Gasteiger partial charge in [0.05, 0.1) is 6.10 Å². The van der Waals surface area contributed by atoms with Crippen LogP contribution in [0.3, 0.4) is 0 Å². The van der Waals surface area contributed by atoms with E-state index in [0.717, 1.165) is 12.1 Å². The lowest BCUT2D eigenvalue weighted by Gasteiger charge is -2.04. The van der Waals surface area contributed by atoms with Crippen LogP contribution in [-0.4, -0.2) is 27.0 Å². The summed E-state index contributed by atoms with van der Waals surface area (Å²) < 4.78 is 0. The lowest BCUT2D eigenvalue weighted by atomic mass is 10.1. The van der Waals surface area contributed by atoms with Gasteiger partial charge in [0.25, 0.3) is 0 Å². The summed E-state index contributed by atoms with van der Waals surface area (Å²) in [5.74, 6) is 0.298. The van der Waals surface area contributed by atoms with Crippen molar-refractivity contribution < 1.29 is 5.11 Å². The smallest absolute Gasteiger partial charge is 0.0679 e. The zero-order chi connectivity index (χ0) is 10.8. The number of pyridine rings is 1. The van der Waals surface area contributed by atoms with Gasteiger partial charge in [-0.25, -0.2) is 0 Å². The largest absolute Gasteiger partial charge is 0.392 e. The molecule has 1 aromatic rings. The Hall–Kier alpha value is 0.130. The second-order valence-corrected chi connectivity index (χ2v) is 2.98. The molecule has 1 heterocycles. The van der Waals surface area contributed by atoms with Crippen LogP contribution in [0.15, 0.2) is 24.4 Å². The molecule has 1 atom stereocenters. The summed E-state index contributed by atoms with van der Waals surface area (Å²) in [6.45, 7) is 0. The average Bonchev–Trinajstić information content (AvgIpc) is 2.30. The Labute approximate surface area is 104 Å². The highest BCUT2D eigenvalue weighted by Crippen LogP contribution is 2.02. The van der Waals surface area contributed by atoms with E-state index in [2.05, 4.69) is 27.6 Å². The SMILES string of the molecule is CI.OC(CCl)CCc1ccccn1. The minimum atomic E-state index is -0.409. The molecule has 0 aromatic carbocycles. The lowest BCUT2D eigenvalue weighted by molar-refractivity contribution is 0.188. The molecule has 2 nitrogen and oxygen atoms in total. The number of hydrogen-bond donors (Lipinski definition) is 1. The first kappa shape index (κ1) is 14.1. The zero-order valence-electron chi connectivity index (χ0n) is 8.16. The standard InChI is InChI=1S/C9H12ClNO.CH3I/c10-7-9(12)5-4-8-3-1-2-6-11-8;1-2/h1-3,6,9,12H,4-5,7H2;1H3. The van der Waals surface area contributed by atoms with Crippen LogP contribution in [-0.2, 0) is 6.42 Å². The quantitative estimate of drug-likeness (QED) is 0.681. The molecule has 0 saturated carbocycles. The number of alkyl halides is 2. The minimum Gasteiger partial charge on any atom is -0.392 e. The summed E-state index contributed by atoms with van der Waals surface area (Å²) in [6, 6.07) is 5.76. The van der Waals surface area contributed by atoms with Gasteiger partial charge in [0.2, 0.25) is 0 Å². The van der Waals surface area contributed by atoms with Crippen molar-refractivity contribution >= 4 is 34.2 Å². The highest BCUT2D eigenvalue weighted by atomic mass is 127. The fourth-order valence-corrected chi connectivity index (χ4v) is 1.09. The summed E-state index contributed by atoms with van der Waals surface area (Å²) in [5, 5.41) is 9.16. The number of aromatic nitrogens is 1. The van der Waals surface area contributed by atoms with Crippen LogP contribution in [0.1, 0.15) is 12.1 Å². The molecule has 80 valence electrons. The fraction of sp³-hybridized carbons (Fsp3) is 0.500. The van der Waals surface area contributed by atoms with Crippen LogP contribution in [0, 0.1) is 0 Å². The van der Waals surface area contributed by atoms with Gasteiger partial charge in [0.15, 0.2) is 0 Å². The van der Waals surface area contributed by atoms with E-state index in [0.29, 0.717) is 12.3 Å². The minimum absolute atomic E-state index is 0.298. The third kappa shape index (κ3) is 6.56. The van der Waals surface area contributed by atoms with E-state index < -0.39 is 6.10 Å². The molecular formula is C10H15ClINO. The third-order valence-electron chi connectivity index (χ3n) is 1.64. The van der Waals surface area contributed by atoms with Crippen molar-refractivity contribution in [1.29, 1.82) is 0 Å². The van der Waals surface area contributed by atoms with Crippen molar-refractivity contribution in [3.05, 3.63) is 30.1 Å². The first-order chi connectivity index (χ1) is 6.83. The van der Waals surface area contributed by atoms with Gasteiger partial charge in [0, 0.05) is 17.8 Å². The molecule has 0 spiro atoms. The summed E-state index contributed by atoms with van der Waals surface area (Å²) >= 11 is 7.60. The summed E-state index contributed by atoms with van der Waals surface area (Å²) in [4.78, 5) is 6.10. The van der Waals surface area contributed by atoms with E-state index in [1.165, 1.54) is 0 Å². The molecule has 14 heavy (non-hydrogen) atoms. The van der Waals surface area contributed by atoms with Crippen molar-refractivity contribution in [3.8, 4) is 0 Å². The van der Waals surface area contributed by atoms with Crippen LogP contribution in [0.25, 0.3) is 0 Å². The molecule has 0 aliphatic carbocycles. The molecule has 1 rings (SSSR count). The molecule has 0 radical (unpaired) electrons. The lowest BCUT2D eigenvalue weighted by Crippen LogP contribution is -2.09. The Morgan fingerprint density at radius 1 is 1.50 bits per heavy atom. The average molecular weight is 328 g/mol. The summed E-state index contributed by atoms with van der Waals surface area (Å²) in [5.41, 5.74) is 1.00. The molecule has 1 N–H and O–H groups in total. The molecule has 0 bridgehead atoms. The first-order valence-electron chi connectivity index (χ1n) is 4.34. The van der Waals surface area contributed by atoms with Crippen LogP contribution < -0.4 is 0 Å². The van der Waals surface area contributed by atoms with Gasteiger partial charge in [-0.15, -0.1) is 11.6 Å². The molecule has 1 unspecified atom stereocenters. The topological polar surface area (TPSA) is 33.1 Å². The Morgan fingerprint density at radius 3 is 2.71 bits per heavy atom. The van der Waals surface area contributed by atoms with Crippen LogP contribution >= 0.6 is 34.2 Å². The molecule has 0 aliphatic rings. The zero-order valence-corrected chi connectivity index (χ0v) is 11.1. The normalized spacial score (nSPS) is 11.4. The number of hydrogen-bond acceptors (Lipinski definition) is 2. The van der Waals surface area contributed by atoms with Gasteiger partial charge in [0.1, 0.15) is 0 Å². The number of rotatable bonds is 4. The Balaban J connectivity index is 0.000000791. The fourth-order valence-electron chi connectivity index (χ4n) is 0.938. The second kappa shape index (κ2) is 9.68. The molecule has 0 saturated heterocycles. The van der Waals surface area contributed by atoms with Crippen LogP contribution in [0.4, 0.5) is 0 Å². The van der Waals surface area contributed by atoms with Gasteiger partial charge in [-0.05, 0) is 29.9 Å². The number of aryl methyl sites for hydroxylation is 1. The van der Waals surface area contributed by atoms with Crippen molar-refractivity contribution in [1.82, 2.24) is 4.98 Å². The number of nitrogens with zero attached hydrogens (tertiary/aromatic N) is 1. The number of aliphatic hydroxyl groups is 1. The van der Waals surface area contributed by atoms with Gasteiger partial charge in [-0.1, -0.05) is 28.7 Å². The summed E-state index contributed by atoms with van der Waals surface area (Å²) in [6.07, 6.45) is 2.81. The van der Waals surface area contributed by atoms with Crippen molar-refractivity contribution in [2.45, 2.75) is 18.9 Å². The highest BCUT2D eigenvalue weighted by Gasteiger charge is 2.02. The van der Waals surface area contributed by atoms with Crippen LogP contribution in [0.2, 0.25) is 0 Å². The van der Waals surface area contributed by atoms with Gasteiger partial charge in [-0.3, -0.25) is 4.98 Å². The monoisotopic (exact) mass is 327 g/mol. The van der Waals surface area contributed by atoms with Crippen molar-refractivity contribution in [2.75, 3.05) is 10.8 Å². The van der Waals surface area contributed by atoms with E-state index in [1.807, 2.05) is 23.1 Å². The first-order valence-corrected chi connectivity index (χ1v) is 7.04. The maximum atomic E-state index is 9.16. The molecule has 0 aliphatic heterocycles. The molecule has 1 aromatic heterocycles. The maximum absolute atomic E-state index is 9.16. The van der Waals surface area contributed by atoms with Crippen LogP contribution in [0.5, 0.6) is 0 Å². The van der Waals surface area contributed by atoms with E-state index >= 15 is 0 Å². The molecule has 0 fully saturated rings. The molecular weight excluding hydrogens is 312 g/mol. The third-order valence-corrected chi connectivity index (χ3v) is 1.99. The number of halogens is 2. The van der Waals surface area contributed by atoms with Crippen molar-refractivity contribution in [3.63, 3.8) is 0 Å². The molecule has 4 heteroatoms. The van der Waals surface area contributed by atoms with E-state index in [1.54, 1.807) is 6.20 Å². The maximum Gasteiger partial charge on any atom is 0.0679 e. The van der Waals surface area contributed by atoms with Crippen molar-refractivity contribution in [2.24, 2.45) is 0 Å². The Kier molecular flexibility index (Phi) is 9.77. The Bertz CT molecular complexity index is 221. The molecule has 0 amide bonds. The number of aliphatic hydroxyl groups excluding tert-OH is 1. The van der Waals surface area contributed by atoms with E-state index in [9.17, 15) is 0 Å². The van der Waals surface area contributed by atoms with Gasteiger partial charge >= 0.3 is 0 Å². The van der Waals surface area contributed by atoms with Gasteiger partial charge in [-0.2, -0.15) is 0 Å².